The molecule has 7 heteroatoms. The number of anilines is 1. The number of rotatable bonds is 4. The van der Waals surface area contributed by atoms with Gasteiger partial charge in [0.05, 0.1) is 0 Å². The normalized spacial score (nSPS) is 16.2. The van der Waals surface area contributed by atoms with Crippen molar-refractivity contribution in [1.29, 1.82) is 0 Å². The van der Waals surface area contributed by atoms with Crippen molar-refractivity contribution in [3.05, 3.63) is 74.5 Å². The summed E-state index contributed by atoms with van der Waals surface area (Å²) < 4.78 is 0. The van der Waals surface area contributed by atoms with Crippen molar-refractivity contribution < 1.29 is 0 Å². The predicted molar refractivity (Wildman–Crippen MR) is 140 cm³/mol. The highest BCUT2D eigenvalue weighted by molar-refractivity contribution is 6.30. The van der Waals surface area contributed by atoms with Gasteiger partial charge in [0.25, 0.3) is 5.56 Å². The molecule has 2 heterocycles. The Morgan fingerprint density at radius 3 is 2.28 bits per heavy atom. The van der Waals surface area contributed by atoms with Crippen LogP contribution < -0.4 is 10.5 Å². The Labute approximate surface area is 206 Å². The van der Waals surface area contributed by atoms with E-state index in [1.54, 1.807) is 0 Å². The molecule has 0 amide bonds. The summed E-state index contributed by atoms with van der Waals surface area (Å²) in [6.45, 7) is 5.34. The quantitative estimate of drug-likeness (QED) is 0.537. The second-order valence-corrected chi connectivity index (χ2v) is 8.99. The maximum absolute atomic E-state index is 12.4. The Bertz CT molecular complexity index is 1110. The van der Waals surface area contributed by atoms with Crippen LogP contribution in [0.3, 0.4) is 0 Å². The molecule has 32 heavy (non-hydrogen) atoms. The molecule has 3 aromatic rings. The molecule has 0 unspecified atom stereocenters. The monoisotopic (exact) mass is 493 g/mol. The molecule has 2 aromatic carbocycles. The third-order valence-electron chi connectivity index (χ3n) is 6.68. The molecule has 172 valence electrons. The van der Waals surface area contributed by atoms with E-state index in [0.29, 0.717) is 0 Å². The lowest BCUT2D eigenvalue weighted by atomic mass is 9.89. The van der Waals surface area contributed by atoms with E-state index < -0.39 is 0 Å². The van der Waals surface area contributed by atoms with E-state index in [1.165, 1.54) is 28.6 Å². The molecule has 0 spiro atoms. The van der Waals surface area contributed by atoms with Gasteiger partial charge in [-0.25, -0.2) is 0 Å². The van der Waals surface area contributed by atoms with E-state index in [1.807, 2.05) is 12.1 Å². The highest BCUT2D eigenvalue weighted by Crippen LogP contribution is 2.26. The second-order valence-electron chi connectivity index (χ2n) is 8.55. The summed E-state index contributed by atoms with van der Waals surface area (Å²) in [6.07, 6.45) is 5.32. The highest BCUT2D eigenvalue weighted by Gasteiger charge is 2.18. The molecule has 1 N–H and O–H groups in total. The first-order valence-electron chi connectivity index (χ1n) is 11.1. The summed E-state index contributed by atoms with van der Waals surface area (Å²) in [4.78, 5) is 20.5. The fourth-order valence-electron chi connectivity index (χ4n) is 4.93. The third-order valence-corrected chi connectivity index (χ3v) is 6.93. The zero-order chi connectivity index (χ0) is 20.5. The van der Waals surface area contributed by atoms with Gasteiger partial charge in [-0.15, -0.1) is 24.8 Å². The van der Waals surface area contributed by atoms with Gasteiger partial charge >= 0.3 is 0 Å². The molecule has 0 radical (unpaired) electrons. The average Bonchev–Trinajstić information content (AvgIpc) is 2.79. The van der Waals surface area contributed by atoms with Crippen molar-refractivity contribution in [3.8, 4) is 0 Å². The zero-order valence-corrected chi connectivity index (χ0v) is 20.5. The van der Waals surface area contributed by atoms with Crippen molar-refractivity contribution in [2.24, 2.45) is 0 Å². The molecule has 5 rings (SSSR count). The minimum Gasteiger partial charge on any atom is -0.369 e. The van der Waals surface area contributed by atoms with Crippen LogP contribution in [0.25, 0.3) is 10.9 Å². The van der Waals surface area contributed by atoms with Crippen LogP contribution in [0.1, 0.15) is 29.5 Å². The molecular formula is C25H30Cl3N3O. The molecule has 1 aliphatic carbocycles. The zero-order valence-electron chi connectivity index (χ0n) is 18.1. The van der Waals surface area contributed by atoms with Crippen molar-refractivity contribution in [1.82, 2.24) is 9.88 Å². The van der Waals surface area contributed by atoms with Crippen molar-refractivity contribution in [2.75, 3.05) is 37.6 Å². The predicted octanol–water partition coefficient (Wildman–Crippen LogP) is 5.27. The largest absolute Gasteiger partial charge is 0.369 e. The Kier molecular flexibility index (Phi) is 8.51. The fourth-order valence-corrected chi connectivity index (χ4v) is 5.05. The third kappa shape index (κ3) is 5.26. The smallest absolute Gasteiger partial charge is 0.251 e. The number of aromatic amines is 1. The molecule has 1 aliphatic heterocycles. The summed E-state index contributed by atoms with van der Waals surface area (Å²) in [5, 5.41) is 2.05. The van der Waals surface area contributed by atoms with E-state index in [9.17, 15) is 4.79 Å². The van der Waals surface area contributed by atoms with Gasteiger partial charge in [0, 0.05) is 59.9 Å². The Hall–Kier alpha value is -1.72. The Balaban J connectivity index is 0.00000144. The number of aryl methyl sites for hydroxylation is 1. The molecule has 0 bridgehead atoms. The number of fused-ring (bicyclic) bond motifs is 3. The first-order chi connectivity index (χ1) is 14.7. The lowest BCUT2D eigenvalue weighted by Crippen LogP contribution is -2.46. The van der Waals surface area contributed by atoms with Crippen LogP contribution in [-0.2, 0) is 19.3 Å². The average molecular weight is 495 g/mol. The molecule has 0 saturated carbocycles. The van der Waals surface area contributed by atoms with Crippen molar-refractivity contribution in [3.63, 3.8) is 0 Å². The molecule has 1 fully saturated rings. The number of halogens is 3. The van der Waals surface area contributed by atoms with E-state index in [2.05, 4.69) is 45.1 Å². The maximum atomic E-state index is 12.4. The minimum absolute atomic E-state index is 0. The molecule has 1 saturated heterocycles. The highest BCUT2D eigenvalue weighted by atomic mass is 35.5. The molecule has 2 aliphatic rings. The van der Waals surface area contributed by atoms with E-state index in [4.69, 9.17) is 11.6 Å². The number of hydrogen-bond acceptors (Lipinski definition) is 3. The van der Waals surface area contributed by atoms with Crippen LogP contribution >= 0.6 is 36.4 Å². The van der Waals surface area contributed by atoms with Gasteiger partial charge in [0.15, 0.2) is 0 Å². The Morgan fingerprint density at radius 2 is 1.56 bits per heavy atom. The number of nitrogens with one attached hydrogen (secondary N) is 1. The van der Waals surface area contributed by atoms with E-state index >= 15 is 0 Å². The number of nitrogens with zero attached hydrogens (tertiary/aromatic N) is 2. The SMILES string of the molecule is Cl.Cl.O=c1[nH]c2ccc(CCN3CCN(c4ccc(Cl)cc4)CC3)cc2c2c1CCCC2. The summed E-state index contributed by atoms with van der Waals surface area (Å²) in [7, 11) is 0. The second kappa shape index (κ2) is 10.9. The minimum atomic E-state index is 0. The van der Waals surface area contributed by atoms with E-state index in [-0.39, 0.29) is 30.4 Å². The fraction of sp³-hybridized carbons (Fsp3) is 0.400. The van der Waals surface area contributed by atoms with Crippen LogP contribution in [0.15, 0.2) is 47.3 Å². The first-order valence-corrected chi connectivity index (χ1v) is 11.4. The van der Waals surface area contributed by atoms with Crippen LogP contribution in [0.2, 0.25) is 5.02 Å². The standard InChI is InChI=1S/C25H28ClN3O.2ClH/c26-19-6-8-20(9-7-19)29-15-13-28(14-16-29)12-11-18-5-10-24-23(17-18)21-3-1-2-4-22(21)25(30)27-24;;/h5-10,17H,1-4,11-16H2,(H,27,30);2*1H. The van der Waals surface area contributed by atoms with Gasteiger partial charge in [0.1, 0.15) is 0 Å². The van der Waals surface area contributed by atoms with Gasteiger partial charge in [-0.1, -0.05) is 17.7 Å². The maximum Gasteiger partial charge on any atom is 0.251 e. The number of hydrogen-bond donors (Lipinski definition) is 1. The van der Waals surface area contributed by atoms with Gasteiger partial charge in [-0.3, -0.25) is 9.69 Å². The van der Waals surface area contributed by atoms with Crippen LogP contribution in [0.5, 0.6) is 0 Å². The molecule has 4 nitrogen and oxygen atoms in total. The van der Waals surface area contributed by atoms with Crippen LogP contribution in [0.4, 0.5) is 5.69 Å². The number of pyridine rings is 1. The number of piperazine rings is 1. The van der Waals surface area contributed by atoms with Crippen LogP contribution in [-0.4, -0.2) is 42.6 Å². The van der Waals surface area contributed by atoms with Gasteiger partial charge in [-0.05, 0) is 79.6 Å². The summed E-state index contributed by atoms with van der Waals surface area (Å²) in [5.41, 5.74) is 6.03. The Morgan fingerprint density at radius 1 is 0.875 bits per heavy atom. The number of aromatic nitrogens is 1. The summed E-state index contributed by atoms with van der Waals surface area (Å²) in [6, 6.07) is 14.7. The van der Waals surface area contributed by atoms with Crippen LogP contribution in [0, 0.1) is 0 Å². The molecule has 1 aromatic heterocycles. The molecule has 0 atom stereocenters. The summed E-state index contributed by atoms with van der Waals surface area (Å²) in [5.74, 6) is 0. The van der Waals surface area contributed by atoms with Gasteiger partial charge in [0.2, 0.25) is 0 Å². The topological polar surface area (TPSA) is 39.3 Å². The number of benzene rings is 2. The molecular weight excluding hydrogens is 465 g/mol. The summed E-state index contributed by atoms with van der Waals surface area (Å²) >= 11 is 6.01. The van der Waals surface area contributed by atoms with Gasteiger partial charge < -0.3 is 9.88 Å². The van der Waals surface area contributed by atoms with Gasteiger partial charge in [-0.2, -0.15) is 0 Å². The van der Waals surface area contributed by atoms with E-state index in [0.717, 1.165) is 74.5 Å². The number of H-pyrrole nitrogens is 1. The van der Waals surface area contributed by atoms with Crippen molar-refractivity contribution >= 4 is 53.0 Å². The lowest BCUT2D eigenvalue weighted by Gasteiger charge is -2.36. The first kappa shape index (κ1) is 24.9. The van der Waals surface area contributed by atoms with Crippen molar-refractivity contribution in [2.45, 2.75) is 32.1 Å². The lowest BCUT2D eigenvalue weighted by molar-refractivity contribution is 0.261.